The maximum Gasteiger partial charge on any atom is 0.130 e. The molecule has 4 heteroatoms. The van der Waals surface area contributed by atoms with Gasteiger partial charge >= 0.3 is 0 Å². The van der Waals surface area contributed by atoms with Crippen molar-refractivity contribution in [2.75, 3.05) is 12.3 Å². The number of aliphatic hydroxyl groups excluding tert-OH is 1. The molecule has 0 aliphatic heterocycles. The molecule has 1 aromatic heterocycles. The lowest BCUT2D eigenvalue weighted by molar-refractivity contribution is 0.288. The number of aryl methyl sites for hydroxylation is 3. The highest BCUT2D eigenvalue weighted by Gasteiger charge is 2.10. The Bertz CT molecular complexity index is 546. The van der Waals surface area contributed by atoms with Crippen LogP contribution < -0.4 is 5.73 Å². The molecule has 0 fully saturated rings. The van der Waals surface area contributed by atoms with E-state index in [4.69, 9.17) is 10.8 Å². The number of benzene rings is 1. The van der Waals surface area contributed by atoms with Crippen LogP contribution in [-0.2, 0) is 6.42 Å². The van der Waals surface area contributed by atoms with Gasteiger partial charge in [0.15, 0.2) is 0 Å². The maximum absolute atomic E-state index is 8.85. The molecule has 4 nitrogen and oxygen atoms in total. The van der Waals surface area contributed by atoms with Crippen LogP contribution in [0.1, 0.15) is 23.1 Å². The van der Waals surface area contributed by atoms with Crippen LogP contribution in [0.5, 0.6) is 0 Å². The molecule has 96 valence electrons. The average Bonchev–Trinajstić information content (AvgIpc) is 2.68. The van der Waals surface area contributed by atoms with Crippen molar-refractivity contribution >= 4 is 5.82 Å². The van der Waals surface area contributed by atoms with Crippen molar-refractivity contribution in [2.45, 2.75) is 26.7 Å². The second-order valence-corrected chi connectivity index (χ2v) is 4.58. The minimum absolute atomic E-state index is 0.175. The van der Waals surface area contributed by atoms with Crippen LogP contribution in [0.2, 0.25) is 0 Å². The minimum atomic E-state index is 0.175. The summed E-state index contributed by atoms with van der Waals surface area (Å²) in [6.07, 6.45) is 3.25. The van der Waals surface area contributed by atoms with E-state index in [0.29, 0.717) is 12.2 Å². The van der Waals surface area contributed by atoms with Gasteiger partial charge in [-0.25, -0.2) is 4.68 Å². The predicted molar refractivity (Wildman–Crippen MR) is 72.9 cm³/mol. The van der Waals surface area contributed by atoms with Crippen molar-refractivity contribution in [3.63, 3.8) is 0 Å². The van der Waals surface area contributed by atoms with Gasteiger partial charge < -0.3 is 10.8 Å². The van der Waals surface area contributed by atoms with E-state index in [1.807, 2.05) is 6.07 Å². The molecule has 0 spiro atoms. The Balaban J connectivity index is 2.36. The van der Waals surface area contributed by atoms with Crippen molar-refractivity contribution in [1.82, 2.24) is 9.78 Å². The van der Waals surface area contributed by atoms with E-state index in [0.717, 1.165) is 23.2 Å². The van der Waals surface area contributed by atoms with E-state index in [1.54, 1.807) is 10.9 Å². The number of aromatic nitrogens is 2. The third-order valence-corrected chi connectivity index (χ3v) is 3.07. The smallest absolute Gasteiger partial charge is 0.130 e. The van der Waals surface area contributed by atoms with Crippen molar-refractivity contribution in [3.8, 4) is 5.69 Å². The number of nitrogen functional groups attached to an aromatic ring is 1. The average molecular weight is 245 g/mol. The topological polar surface area (TPSA) is 64.1 Å². The zero-order chi connectivity index (χ0) is 13.1. The number of hydrogen-bond acceptors (Lipinski definition) is 3. The molecule has 0 saturated heterocycles. The third-order valence-electron chi connectivity index (χ3n) is 3.07. The molecular weight excluding hydrogens is 226 g/mol. The number of hydrogen-bond donors (Lipinski definition) is 2. The summed E-state index contributed by atoms with van der Waals surface area (Å²) in [5.74, 6) is 0.662. The van der Waals surface area contributed by atoms with Crippen LogP contribution in [0, 0.1) is 13.8 Å². The molecule has 0 amide bonds. The summed E-state index contributed by atoms with van der Waals surface area (Å²) in [5, 5.41) is 13.2. The fourth-order valence-corrected chi connectivity index (χ4v) is 2.09. The van der Waals surface area contributed by atoms with E-state index in [9.17, 15) is 0 Å². The normalized spacial score (nSPS) is 10.8. The molecule has 3 N–H and O–H groups in total. The van der Waals surface area contributed by atoms with Crippen LogP contribution in [0.4, 0.5) is 5.82 Å². The van der Waals surface area contributed by atoms with E-state index in [1.165, 1.54) is 5.56 Å². The predicted octanol–water partition coefficient (Wildman–Crippen LogP) is 2.00. The van der Waals surface area contributed by atoms with Gasteiger partial charge in [0.25, 0.3) is 0 Å². The second-order valence-electron chi connectivity index (χ2n) is 4.58. The Hall–Kier alpha value is -1.81. The summed E-state index contributed by atoms with van der Waals surface area (Å²) in [7, 11) is 0. The highest BCUT2D eigenvalue weighted by molar-refractivity contribution is 5.50. The van der Waals surface area contributed by atoms with E-state index < -0.39 is 0 Å². The molecule has 0 radical (unpaired) electrons. The molecule has 1 heterocycles. The highest BCUT2D eigenvalue weighted by atomic mass is 16.2. The van der Waals surface area contributed by atoms with E-state index in [2.05, 4.69) is 31.1 Å². The van der Waals surface area contributed by atoms with E-state index >= 15 is 0 Å². The van der Waals surface area contributed by atoms with Crippen molar-refractivity contribution in [1.29, 1.82) is 0 Å². The molecule has 0 saturated carbocycles. The van der Waals surface area contributed by atoms with Gasteiger partial charge in [-0.15, -0.1) is 0 Å². The molecule has 0 aliphatic carbocycles. The van der Waals surface area contributed by atoms with Gasteiger partial charge in [-0.05, 0) is 38.3 Å². The third kappa shape index (κ3) is 2.38. The minimum Gasteiger partial charge on any atom is -0.396 e. The lowest BCUT2D eigenvalue weighted by Gasteiger charge is -2.09. The highest BCUT2D eigenvalue weighted by Crippen LogP contribution is 2.21. The van der Waals surface area contributed by atoms with Gasteiger partial charge in [-0.2, -0.15) is 5.10 Å². The van der Waals surface area contributed by atoms with Gasteiger partial charge in [-0.3, -0.25) is 0 Å². The fraction of sp³-hybridized carbons (Fsp3) is 0.357. The van der Waals surface area contributed by atoms with Crippen molar-refractivity contribution in [3.05, 3.63) is 41.1 Å². The van der Waals surface area contributed by atoms with Gasteiger partial charge in [0, 0.05) is 12.2 Å². The lowest BCUT2D eigenvalue weighted by Crippen LogP contribution is -2.05. The number of nitrogens with zero attached hydrogens (tertiary/aromatic N) is 2. The van der Waals surface area contributed by atoms with Crippen molar-refractivity contribution in [2.24, 2.45) is 0 Å². The first kappa shape index (κ1) is 12.6. The zero-order valence-electron chi connectivity index (χ0n) is 10.8. The summed E-state index contributed by atoms with van der Waals surface area (Å²) < 4.78 is 1.77. The molecule has 0 bridgehead atoms. The van der Waals surface area contributed by atoms with Gasteiger partial charge in [0.2, 0.25) is 0 Å². The quantitative estimate of drug-likeness (QED) is 0.866. The molecule has 0 atom stereocenters. The van der Waals surface area contributed by atoms with Gasteiger partial charge in [-0.1, -0.05) is 17.7 Å². The Morgan fingerprint density at radius 1 is 1.33 bits per heavy atom. The van der Waals surface area contributed by atoms with Crippen LogP contribution >= 0.6 is 0 Å². The molecule has 18 heavy (non-hydrogen) atoms. The van der Waals surface area contributed by atoms with Crippen LogP contribution in [-0.4, -0.2) is 21.5 Å². The summed E-state index contributed by atoms with van der Waals surface area (Å²) in [4.78, 5) is 0. The molecule has 1 aromatic carbocycles. The summed E-state index contributed by atoms with van der Waals surface area (Å²) in [6, 6.07) is 6.20. The summed E-state index contributed by atoms with van der Waals surface area (Å²) in [6.45, 7) is 4.29. The first-order valence-corrected chi connectivity index (χ1v) is 6.14. The molecule has 2 aromatic rings. The standard InChI is InChI=1S/C14H19N3O/c1-10-5-6-13(11(2)8-10)17-14(15)12(9-16-17)4-3-7-18/h5-6,8-9,18H,3-4,7,15H2,1-2H3. The fourth-order valence-electron chi connectivity index (χ4n) is 2.09. The Labute approximate surface area is 107 Å². The second kappa shape index (κ2) is 5.23. The van der Waals surface area contributed by atoms with E-state index in [-0.39, 0.29) is 6.61 Å². The van der Waals surface area contributed by atoms with Gasteiger partial charge in [0.05, 0.1) is 11.9 Å². The molecule has 2 rings (SSSR count). The largest absolute Gasteiger partial charge is 0.396 e. The molecule has 0 unspecified atom stereocenters. The number of nitrogens with two attached hydrogens (primary N) is 1. The zero-order valence-corrected chi connectivity index (χ0v) is 10.8. The van der Waals surface area contributed by atoms with Crippen LogP contribution in [0.15, 0.2) is 24.4 Å². The lowest BCUT2D eigenvalue weighted by atomic mass is 10.1. The number of anilines is 1. The molecule has 0 aliphatic rings. The number of aliphatic hydroxyl groups is 1. The Morgan fingerprint density at radius 3 is 2.78 bits per heavy atom. The van der Waals surface area contributed by atoms with Crippen molar-refractivity contribution < 1.29 is 5.11 Å². The SMILES string of the molecule is Cc1ccc(-n2ncc(CCCO)c2N)c(C)c1. The molecular formula is C14H19N3O. The van der Waals surface area contributed by atoms with Crippen LogP contribution in [0.25, 0.3) is 5.69 Å². The summed E-state index contributed by atoms with van der Waals surface area (Å²) in [5.41, 5.74) is 10.5. The Morgan fingerprint density at radius 2 is 2.11 bits per heavy atom. The first-order valence-electron chi connectivity index (χ1n) is 6.14. The van der Waals surface area contributed by atoms with Gasteiger partial charge in [0.1, 0.15) is 5.82 Å². The first-order chi connectivity index (χ1) is 8.63. The Kier molecular flexibility index (Phi) is 3.67. The summed E-state index contributed by atoms with van der Waals surface area (Å²) >= 11 is 0. The monoisotopic (exact) mass is 245 g/mol. The number of rotatable bonds is 4. The maximum atomic E-state index is 8.85. The van der Waals surface area contributed by atoms with Crippen LogP contribution in [0.3, 0.4) is 0 Å².